The fraction of sp³-hybridized carbons (Fsp3) is 0.143. The van der Waals surface area contributed by atoms with Crippen LogP contribution in [0.5, 0.6) is 5.75 Å². The number of halogens is 3. The Bertz CT molecular complexity index is 290. The smallest absolute Gasteiger partial charge is 0.203 e. The van der Waals surface area contributed by atoms with E-state index in [1.54, 1.807) is 7.85 Å². The lowest BCUT2D eigenvalue weighted by molar-refractivity contribution is 0.343. The van der Waals surface area contributed by atoms with Crippen LogP contribution < -0.4 is 4.74 Å². The van der Waals surface area contributed by atoms with Crippen LogP contribution in [0.4, 0.5) is 13.2 Å². The van der Waals surface area contributed by atoms with E-state index in [0.717, 1.165) is 12.1 Å². The molecule has 0 fully saturated rings. The molecule has 0 saturated carbocycles. The molecule has 1 rings (SSSR count). The van der Waals surface area contributed by atoms with Gasteiger partial charge in [-0.2, -0.15) is 4.39 Å². The molecule has 1 aromatic rings. The maximum absolute atomic E-state index is 12.7. The van der Waals surface area contributed by atoms with E-state index >= 15 is 0 Å². The van der Waals surface area contributed by atoms with E-state index in [1.165, 1.54) is 0 Å². The third-order valence-corrected chi connectivity index (χ3v) is 1.30. The van der Waals surface area contributed by atoms with Crippen molar-refractivity contribution in [1.82, 2.24) is 0 Å². The lowest BCUT2D eigenvalue weighted by Gasteiger charge is -2.04. The summed E-state index contributed by atoms with van der Waals surface area (Å²) in [6.07, 6.45) is 0. The first-order valence-corrected chi connectivity index (χ1v) is 3.43. The standard InChI is InChI=1S/C7H6BF3O/c8-3-12-5-2-1-4(9)6(10)7(5)11/h1-2H,3,8H2. The number of benzene rings is 1. The highest BCUT2D eigenvalue weighted by Gasteiger charge is 2.13. The van der Waals surface area contributed by atoms with Crippen LogP contribution >= 0.6 is 0 Å². The summed E-state index contributed by atoms with van der Waals surface area (Å²) in [4.78, 5) is 0. The van der Waals surface area contributed by atoms with Crippen LogP contribution in [0, 0.1) is 17.5 Å². The molecular weight excluding hydrogens is 168 g/mol. The summed E-state index contributed by atoms with van der Waals surface area (Å²) < 4.78 is 42.2. The second-order valence-electron chi connectivity index (χ2n) is 2.11. The molecule has 0 atom stereocenters. The summed E-state index contributed by atoms with van der Waals surface area (Å²) in [6.45, 7) is 0.210. The topological polar surface area (TPSA) is 9.23 Å². The maximum atomic E-state index is 12.7. The fourth-order valence-electron chi connectivity index (χ4n) is 0.775. The molecule has 0 aliphatic rings. The Morgan fingerprint density at radius 1 is 1.17 bits per heavy atom. The summed E-state index contributed by atoms with van der Waals surface area (Å²) >= 11 is 0. The third kappa shape index (κ3) is 1.54. The second kappa shape index (κ2) is 3.52. The Morgan fingerprint density at radius 2 is 1.83 bits per heavy atom. The van der Waals surface area contributed by atoms with Gasteiger partial charge in [0, 0.05) is 0 Å². The highest BCUT2D eigenvalue weighted by Crippen LogP contribution is 2.21. The third-order valence-electron chi connectivity index (χ3n) is 1.30. The Morgan fingerprint density at radius 3 is 2.42 bits per heavy atom. The minimum atomic E-state index is -1.50. The molecule has 0 amide bonds. The molecule has 0 bridgehead atoms. The summed E-state index contributed by atoms with van der Waals surface area (Å²) in [7, 11) is 1.63. The fourth-order valence-corrected chi connectivity index (χ4v) is 0.775. The largest absolute Gasteiger partial charge is 0.500 e. The van der Waals surface area contributed by atoms with Gasteiger partial charge in [-0.15, -0.1) is 0 Å². The minimum absolute atomic E-state index is 0.210. The maximum Gasteiger partial charge on any atom is 0.203 e. The number of hydrogen-bond acceptors (Lipinski definition) is 1. The van der Waals surface area contributed by atoms with Crippen LogP contribution in [0.1, 0.15) is 0 Å². The lowest BCUT2D eigenvalue weighted by atomic mass is 10.2. The second-order valence-corrected chi connectivity index (χ2v) is 2.11. The molecule has 0 N–H and O–H groups in total. The molecule has 0 unspecified atom stereocenters. The van der Waals surface area contributed by atoms with Crippen molar-refractivity contribution >= 4 is 7.85 Å². The normalized spacial score (nSPS) is 9.92. The van der Waals surface area contributed by atoms with Crippen LogP contribution in [-0.4, -0.2) is 14.4 Å². The van der Waals surface area contributed by atoms with Crippen molar-refractivity contribution in [1.29, 1.82) is 0 Å². The van der Waals surface area contributed by atoms with Gasteiger partial charge in [-0.1, -0.05) is 0 Å². The van der Waals surface area contributed by atoms with Crippen LogP contribution in [0.2, 0.25) is 0 Å². The van der Waals surface area contributed by atoms with Gasteiger partial charge in [0.1, 0.15) is 0 Å². The van der Waals surface area contributed by atoms with E-state index in [4.69, 9.17) is 4.74 Å². The molecule has 0 radical (unpaired) electrons. The lowest BCUT2D eigenvalue weighted by Crippen LogP contribution is -2.00. The van der Waals surface area contributed by atoms with Gasteiger partial charge in [-0.25, -0.2) is 8.78 Å². The first kappa shape index (κ1) is 8.97. The van der Waals surface area contributed by atoms with E-state index in [9.17, 15) is 13.2 Å². The summed E-state index contributed by atoms with van der Waals surface area (Å²) in [5.74, 6) is -4.26. The molecule has 0 heterocycles. The molecule has 12 heavy (non-hydrogen) atoms. The average molecular weight is 174 g/mol. The molecule has 0 aliphatic heterocycles. The zero-order chi connectivity index (χ0) is 9.14. The Hall–Kier alpha value is -1.13. The molecule has 0 saturated heterocycles. The van der Waals surface area contributed by atoms with Crippen molar-refractivity contribution in [2.45, 2.75) is 0 Å². The predicted octanol–water partition coefficient (Wildman–Crippen LogP) is 1.07. The van der Waals surface area contributed by atoms with Crippen molar-refractivity contribution in [3.8, 4) is 5.75 Å². The molecule has 0 aromatic heterocycles. The molecular formula is C7H6BF3O. The van der Waals surface area contributed by atoms with Gasteiger partial charge in [0.15, 0.2) is 25.2 Å². The molecule has 64 valence electrons. The Labute approximate surface area is 68.6 Å². The van der Waals surface area contributed by atoms with Gasteiger partial charge in [-0.3, -0.25) is 0 Å². The summed E-state index contributed by atoms with van der Waals surface area (Å²) in [5.41, 5.74) is 0. The van der Waals surface area contributed by atoms with E-state index in [0.29, 0.717) is 0 Å². The minimum Gasteiger partial charge on any atom is -0.500 e. The van der Waals surface area contributed by atoms with Gasteiger partial charge in [0.2, 0.25) is 5.82 Å². The first-order valence-electron chi connectivity index (χ1n) is 3.43. The van der Waals surface area contributed by atoms with Crippen molar-refractivity contribution in [3.05, 3.63) is 29.6 Å². The van der Waals surface area contributed by atoms with E-state index in [2.05, 4.69) is 0 Å². The van der Waals surface area contributed by atoms with Gasteiger partial charge in [0.25, 0.3) is 0 Å². The molecule has 0 aliphatic carbocycles. The van der Waals surface area contributed by atoms with Crippen molar-refractivity contribution < 1.29 is 17.9 Å². The van der Waals surface area contributed by atoms with Crippen LogP contribution in [0.15, 0.2) is 12.1 Å². The first-order chi connectivity index (χ1) is 5.66. The monoisotopic (exact) mass is 174 g/mol. The molecule has 1 nitrogen and oxygen atoms in total. The van der Waals surface area contributed by atoms with E-state index in [1.807, 2.05) is 0 Å². The van der Waals surface area contributed by atoms with E-state index in [-0.39, 0.29) is 12.3 Å². The van der Waals surface area contributed by atoms with Gasteiger partial charge in [-0.05, 0) is 12.1 Å². The highest BCUT2D eigenvalue weighted by molar-refractivity contribution is 6.08. The average Bonchev–Trinajstić information content (AvgIpc) is 2.07. The molecule has 5 heteroatoms. The molecule has 1 aromatic carbocycles. The van der Waals surface area contributed by atoms with Gasteiger partial charge >= 0.3 is 0 Å². The summed E-state index contributed by atoms with van der Waals surface area (Å²) in [5, 5.41) is 0. The zero-order valence-corrected chi connectivity index (χ0v) is 6.40. The molecule has 0 spiro atoms. The Kier molecular flexibility index (Phi) is 2.63. The number of ether oxygens (including phenoxy) is 1. The van der Waals surface area contributed by atoms with Crippen molar-refractivity contribution in [3.63, 3.8) is 0 Å². The highest BCUT2D eigenvalue weighted by atomic mass is 19.2. The quantitative estimate of drug-likeness (QED) is 0.481. The summed E-state index contributed by atoms with van der Waals surface area (Å²) in [6, 6.07) is 1.88. The zero-order valence-electron chi connectivity index (χ0n) is 6.40. The SMILES string of the molecule is BCOc1ccc(F)c(F)c1F. The van der Waals surface area contributed by atoms with Crippen molar-refractivity contribution in [2.24, 2.45) is 0 Å². The van der Waals surface area contributed by atoms with E-state index < -0.39 is 17.5 Å². The van der Waals surface area contributed by atoms with Crippen molar-refractivity contribution in [2.75, 3.05) is 6.51 Å². The van der Waals surface area contributed by atoms with Crippen LogP contribution in [0.3, 0.4) is 0 Å². The van der Waals surface area contributed by atoms with Crippen LogP contribution in [-0.2, 0) is 0 Å². The Balaban J connectivity index is 3.08. The number of rotatable bonds is 2. The van der Waals surface area contributed by atoms with Gasteiger partial charge < -0.3 is 4.74 Å². The number of hydrogen-bond donors (Lipinski definition) is 0. The van der Waals surface area contributed by atoms with Gasteiger partial charge in [0.05, 0.1) is 6.51 Å². The van der Waals surface area contributed by atoms with Crippen LogP contribution in [0.25, 0.3) is 0 Å². The predicted molar refractivity (Wildman–Crippen MR) is 40.4 cm³/mol.